The topological polar surface area (TPSA) is 72.8 Å². The quantitative estimate of drug-likeness (QED) is 0.138. The second-order valence-electron chi connectivity index (χ2n) is 12.0. The van der Waals surface area contributed by atoms with Gasteiger partial charge in [0.2, 0.25) is 0 Å². The fraction of sp³-hybridized carbons (Fsp3) is 0.667. The smallest absolute Gasteiger partial charge is 0.335 e. The van der Waals surface area contributed by atoms with E-state index in [9.17, 15) is 9.59 Å². The van der Waals surface area contributed by atoms with Crippen LogP contribution in [0.4, 0.5) is 0 Å². The van der Waals surface area contributed by atoms with Crippen LogP contribution in [0, 0.1) is 17.8 Å². The van der Waals surface area contributed by atoms with E-state index in [1.165, 1.54) is 82.6 Å². The van der Waals surface area contributed by atoms with E-state index in [2.05, 4.69) is 44.3 Å². The molecular formula is C36H56O5. The monoisotopic (exact) mass is 568 g/mol. The molecule has 0 heterocycles. The van der Waals surface area contributed by atoms with Crippen LogP contribution < -0.4 is 0 Å². The first-order valence-electron chi connectivity index (χ1n) is 16.2. The van der Waals surface area contributed by atoms with Crippen molar-refractivity contribution >= 4 is 11.9 Å². The van der Waals surface area contributed by atoms with E-state index in [4.69, 9.17) is 14.6 Å². The number of aliphatic hydroxyl groups is 1. The van der Waals surface area contributed by atoms with Gasteiger partial charge in [-0.15, -0.1) is 0 Å². The lowest BCUT2D eigenvalue weighted by Crippen LogP contribution is -2.25. The zero-order valence-corrected chi connectivity index (χ0v) is 26.3. The van der Waals surface area contributed by atoms with E-state index < -0.39 is 18.5 Å². The van der Waals surface area contributed by atoms with Gasteiger partial charge in [0.15, 0.2) is 0 Å². The Morgan fingerprint density at radius 2 is 1.39 bits per heavy atom. The molecule has 1 N–H and O–H groups in total. The molecule has 0 amide bonds. The number of unbranched alkanes of at least 4 members (excludes halogenated alkanes) is 2. The lowest BCUT2D eigenvalue weighted by atomic mass is 9.68. The first-order chi connectivity index (χ1) is 19.8. The van der Waals surface area contributed by atoms with Gasteiger partial charge in [0.05, 0.1) is 18.1 Å². The van der Waals surface area contributed by atoms with E-state index in [-0.39, 0.29) is 24.7 Å². The lowest BCUT2D eigenvalue weighted by Gasteiger charge is -2.38. The third-order valence-corrected chi connectivity index (χ3v) is 9.08. The Labute approximate surface area is 249 Å². The Bertz CT molecular complexity index is 933. The van der Waals surface area contributed by atoms with Crippen LogP contribution in [0.5, 0.6) is 0 Å². The maximum Gasteiger partial charge on any atom is 0.335 e. The largest absolute Gasteiger partial charge is 0.462 e. The van der Waals surface area contributed by atoms with Crippen molar-refractivity contribution in [2.75, 3.05) is 19.8 Å². The summed E-state index contributed by atoms with van der Waals surface area (Å²) in [5, 5.41) is 9.14. The maximum atomic E-state index is 12.0. The Kier molecular flexibility index (Phi) is 16.1. The maximum absolute atomic E-state index is 12.0. The Morgan fingerprint density at radius 3 is 1.90 bits per heavy atom. The van der Waals surface area contributed by atoms with Crippen molar-refractivity contribution in [3.8, 4) is 0 Å². The molecular weight excluding hydrogens is 512 g/mol. The van der Waals surface area contributed by atoms with E-state index in [1.807, 2.05) is 13.8 Å². The minimum atomic E-state index is -0.646. The average molecular weight is 569 g/mol. The van der Waals surface area contributed by atoms with Gasteiger partial charge in [-0.3, -0.25) is 0 Å². The van der Waals surface area contributed by atoms with Gasteiger partial charge in [0.25, 0.3) is 0 Å². The van der Waals surface area contributed by atoms with Gasteiger partial charge >= 0.3 is 11.9 Å². The number of aliphatic hydroxyl groups excluding tert-OH is 1. The molecule has 41 heavy (non-hydrogen) atoms. The number of hydrogen-bond acceptors (Lipinski definition) is 5. The molecule has 3 rings (SSSR count). The molecule has 0 aliphatic heterocycles. The number of hydrogen-bond donors (Lipinski definition) is 1. The molecule has 1 unspecified atom stereocenters. The molecule has 1 aromatic carbocycles. The van der Waals surface area contributed by atoms with Crippen LogP contribution in [0.25, 0.3) is 0 Å². The molecule has 2 fully saturated rings. The molecule has 230 valence electrons. The van der Waals surface area contributed by atoms with Crippen molar-refractivity contribution in [3.63, 3.8) is 0 Å². The molecule has 0 radical (unpaired) electrons. The molecule has 1 aromatic rings. The summed E-state index contributed by atoms with van der Waals surface area (Å²) >= 11 is 0. The van der Waals surface area contributed by atoms with Gasteiger partial charge in [0, 0.05) is 5.57 Å². The minimum absolute atomic E-state index is 0.00125. The predicted molar refractivity (Wildman–Crippen MR) is 168 cm³/mol. The minimum Gasteiger partial charge on any atom is -0.462 e. The van der Waals surface area contributed by atoms with Crippen molar-refractivity contribution in [1.29, 1.82) is 0 Å². The molecule has 2 aliphatic carbocycles. The van der Waals surface area contributed by atoms with Crippen molar-refractivity contribution in [1.82, 2.24) is 0 Å². The second-order valence-corrected chi connectivity index (χ2v) is 12.0. The van der Waals surface area contributed by atoms with Crippen molar-refractivity contribution in [3.05, 3.63) is 59.7 Å². The van der Waals surface area contributed by atoms with Crippen LogP contribution in [0.1, 0.15) is 128 Å². The van der Waals surface area contributed by atoms with Gasteiger partial charge in [-0.25, -0.2) is 9.59 Å². The molecule has 0 aromatic heterocycles. The highest BCUT2D eigenvalue weighted by Gasteiger charge is 2.31. The number of esters is 2. The summed E-state index contributed by atoms with van der Waals surface area (Å²) in [5.41, 5.74) is 2.63. The number of rotatable bonds is 14. The number of carbonyl (C=O) groups is 2. The summed E-state index contributed by atoms with van der Waals surface area (Å²) in [4.78, 5) is 24.0. The average Bonchev–Trinajstić information content (AvgIpc) is 3.02. The van der Waals surface area contributed by atoms with Crippen molar-refractivity contribution in [2.24, 2.45) is 17.8 Å². The van der Waals surface area contributed by atoms with E-state index in [0.29, 0.717) is 11.5 Å². The standard InChI is InChI=1S/C34H50O5.C2H6/c1-5-6-7-8-26-9-11-27(12-10-26)28-13-15-29(16-14-28)30-17-19-31(20-18-30)32(22-38-33(36)24(2)3)23-39-34(37)25(4)21-35;1-2/h17-20,26-29,32,35H,2,4-16,21-23H2,1,3H3;1-2H3. The Balaban J connectivity index is 0.00000287. The molecule has 0 spiro atoms. The van der Waals surface area contributed by atoms with Gasteiger partial charge in [0.1, 0.15) is 13.2 Å². The number of ether oxygens (including phenoxy) is 2. The highest BCUT2D eigenvalue weighted by atomic mass is 16.5. The fourth-order valence-electron chi connectivity index (χ4n) is 6.48. The van der Waals surface area contributed by atoms with Crippen LogP contribution in [0.15, 0.2) is 48.6 Å². The zero-order chi connectivity index (χ0) is 30.2. The molecule has 5 heteroatoms. The first kappa shape index (κ1) is 34.8. The van der Waals surface area contributed by atoms with E-state index in [0.717, 1.165) is 23.3 Å². The summed E-state index contributed by atoms with van der Waals surface area (Å²) in [7, 11) is 0. The molecule has 5 nitrogen and oxygen atoms in total. The fourth-order valence-corrected chi connectivity index (χ4v) is 6.48. The Hall–Kier alpha value is -2.40. The summed E-state index contributed by atoms with van der Waals surface area (Å²) < 4.78 is 10.7. The summed E-state index contributed by atoms with van der Waals surface area (Å²) in [6, 6.07) is 8.50. The number of carbonyl (C=O) groups excluding carboxylic acids is 2. The van der Waals surface area contributed by atoms with Gasteiger partial charge in [-0.05, 0) is 80.2 Å². The predicted octanol–water partition coefficient (Wildman–Crippen LogP) is 8.67. The molecule has 0 bridgehead atoms. The summed E-state index contributed by atoms with van der Waals surface area (Å²) in [6.07, 6.45) is 16.5. The highest BCUT2D eigenvalue weighted by Crippen LogP contribution is 2.44. The Morgan fingerprint density at radius 1 is 0.854 bits per heavy atom. The van der Waals surface area contributed by atoms with Gasteiger partial charge in [-0.1, -0.05) is 96.7 Å². The highest BCUT2D eigenvalue weighted by molar-refractivity contribution is 5.88. The van der Waals surface area contributed by atoms with E-state index >= 15 is 0 Å². The van der Waals surface area contributed by atoms with Crippen molar-refractivity contribution in [2.45, 2.75) is 117 Å². The van der Waals surface area contributed by atoms with Crippen molar-refractivity contribution < 1.29 is 24.2 Å². The second kappa shape index (κ2) is 18.9. The molecule has 1 atom stereocenters. The number of benzene rings is 1. The van der Waals surface area contributed by atoms with Gasteiger partial charge in [-0.2, -0.15) is 0 Å². The SMILES string of the molecule is C=C(C)C(=O)OCC(COC(=O)C(=C)CO)c1ccc(C2CCC(C3CCC(CCCCC)CC3)CC2)cc1.CC. The third-order valence-electron chi connectivity index (χ3n) is 9.08. The lowest BCUT2D eigenvalue weighted by molar-refractivity contribution is -0.142. The molecule has 0 saturated heterocycles. The van der Waals surface area contributed by atoms with Crippen LogP contribution in [-0.2, 0) is 19.1 Å². The summed E-state index contributed by atoms with van der Waals surface area (Å²) in [6.45, 7) is 14.7. The third kappa shape index (κ3) is 11.4. The zero-order valence-electron chi connectivity index (χ0n) is 26.3. The van der Waals surface area contributed by atoms with Gasteiger partial charge < -0.3 is 14.6 Å². The first-order valence-corrected chi connectivity index (χ1v) is 16.2. The van der Waals surface area contributed by atoms with E-state index in [1.54, 1.807) is 6.92 Å². The van der Waals surface area contributed by atoms with Crippen LogP contribution in [0.2, 0.25) is 0 Å². The summed E-state index contributed by atoms with van der Waals surface area (Å²) in [5.74, 6) is 1.97. The molecule has 2 saturated carbocycles. The molecule has 2 aliphatic rings. The van der Waals surface area contributed by atoms with Crippen LogP contribution in [0.3, 0.4) is 0 Å². The van der Waals surface area contributed by atoms with Crippen LogP contribution in [-0.4, -0.2) is 36.9 Å². The van der Waals surface area contributed by atoms with Crippen LogP contribution >= 0.6 is 0 Å². The normalized spacial score (nSPS) is 23.0.